The fourth-order valence-electron chi connectivity index (χ4n) is 2.85. The minimum Gasteiger partial charge on any atom is -0.338 e. The zero-order valence-corrected chi connectivity index (χ0v) is 16.0. The number of carbonyl (C=O) groups is 2. The molecule has 130 valence electrons. The molecule has 25 heavy (non-hydrogen) atoms. The molecule has 0 aliphatic carbocycles. The van der Waals surface area contributed by atoms with Crippen molar-refractivity contribution in [3.05, 3.63) is 63.2 Å². The summed E-state index contributed by atoms with van der Waals surface area (Å²) in [4.78, 5) is 25.6. The Balaban J connectivity index is 1.53. The van der Waals surface area contributed by atoms with Crippen LogP contribution in [-0.2, 0) is 17.9 Å². The van der Waals surface area contributed by atoms with Crippen LogP contribution in [0.15, 0.2) is 48.5 Å². The molecule has 1 aliphatic rings. The van der Waals surface area contributed by atoms with Gasteiger partial charge >= 0.3 is 6.03 Å². The number of likely N-dealkylation sites (tertiary alicyclic amines) is 1. The van der Waals surface area contributed by atoms with Crippen LogP contribution in [-0.4, -0.2) is 23.4 Å². The lowest BCUT2D eigenvalue weighted by Crippen LogP contribution is -2.28. The molecule has 0 unspecified atom stereocenters. The molecule has 2 aromatic carbocycles. The number of nitrogens with zero attached hydrogens (tertiary/aromatic N) is 1. The number of amides is 3. The first-order valence-corrected chi connectivity index (χ1v) is 9.34. The van der Waals surface area contributed by atoms with Gasteiger partial charge in [-0.1, -0.05) is 30.3 Å². The maximum atomic E-state index is 12.0. The van der Waals surface area contributed by atoms with Gasteiger partial charge in [-0.2, -0.15) is 0 Å². The Bertz CT molecular complexity index is 779. The highest BCUT2D eigenvalue weighted by Gasteiger charge is 2.19. The fraction of sp³-hybridized carbons (Fsp3) is 0.263. The molecule has 0 saturated carbocycles. The predicted octanol–water partition coefficient (Wildman–Crippen LogP) is 3.74. The minimum absolute atomic E-state index is 0.223. The third kappa shape index (κ3) is 5.19. The van der Waals surface area contributed by atoms with Crippen molar-refractivity contribution in [3.63, 3.8) is 0 Å². The van der Waals surface area contributed by atoms with E-state index in [1.807, 2.05) is 53.4 Å². The van der Waals surface area contributed by atoms with E-state index in [2.05, 4.69) is 33.2 Å². The molecule has 3 amide bonds. The summed E-state index contributed by atoms with van der Waals surface area (Å²) in [7, 11) is 0. The zero-order valence-electron chi connectivity index (χ0n) is 13.8. The van der Waals surface area contributed by atoms with E-state index < -0.39 is 0 Å². The molecular formula is C19H20IN3O2. The molecule has 6 heteroatoms. The van der Waals surface area contributed by atoms with Gasteiger partial charge in [0.1, 0.15) is 0 Å². The van der Waals surface area contributed by atoms with Gasteiger partial charge < -0.3 is 15.5 Å². The Morgan fingerprint density at radius 2 is 1.92 bits per heavy atom. The lowest BCUT2D eigenvalue weighted by molar-refractivity contribution is -0.128. The number of urea groups is 1. The highest BCUT2D eigenvalue weighted by atomic mass is 127. The molecule has 0 radical (unpaired) electrons. The van der Waals surface area contributed by atoms with E-state index in [1.54, 1.807) is 0 Å². The van der Waals surface area contributed by atoms with Crippen molar-refractivity contribution < 1.29 is 9.59 Å². The Hall–Kier alpha value is -2.09. The van der Waals surface area contributed by atoms with E-state index in [9.17, 15) is 9.59 Å². The number of anilines is 1. The monoisotopic (exact) mass is 449 g/mol. The van der Waals surface area contributed by atoms with Gasteiger partial charge in [-0.25, -0.2) is 4.79 Å². The van der Waals surface area contributed by atoms with Crippen LogP contribution in [0.5, 0.6) is 0 Å². The number of hydrogen-bond acceptors (Lipinski definition) is 2. The van der Waals surface area contributed by atoms with E-state index >= 15 is 0 Å². The molecule has 1 saturated heterocycles. The lowest BCUT2D eigenvalue weighted by Gasteiger charge is -2.16. The van der Waals surface area contributed by atoms with E-state index in [-0.39, 0.29) is 11.9 Å². The van der Waals surface area contributed by atoms with Crippen LogP contribution < -0.4 is 10.6 Å². The van der Waals surface area contributed by atoms with Gasteiger partial charge in [0.15, 0.2) is 0 Å². The van der Waals surface area contributed by atoms with Crippen LogP contribution in [0.25, 0.3) is 0 Å². The van der Waals surface area contributed by atoms with Crippen molar-refractivity contribution in [1.82, 2.24) is 10.2 Å². The number of benzene rings is 2. The molecule has 0 atom stereocenters. The maximum absolute atomic E-state index is 12.0. The lowest BCUT2D eigenvalue weighted by atomic mass is 10.1. The molecule has 0 aromatic heterocycles. The quantitative estimate of drug-likeness (QED) is 0.684. The van der Waals surface area contributed by atoms with E-state index in [1.165, 1.54) is 0 Å². The first-order valence-electron chi connectivity index (χ1n) is 8.26. The number of hydrogen-bond donors (Lipinski definition) is 2. The molecule has 5 nitrogen and oxygen atoms in total. The second-order valence-electron chi connectivity index (χ2n) is 6.06. The fourth-order valence-corrected chi connectivity index (χ4v) is 3.40. The normalized spacial score (nSPS) is 13.8. The third-order valence-electron chi connectivity index (χ3n) is 4.07. The van der Waals surface area contributed by atoms with Crippen molar-refractivity contribution in [1.29, 1.82) is 0 Å². The maximum Gasteiger partial charge on any atom is 0.319 e. The summed E-state index contributed by atoms with van der Waals surface area (Å²) < 4.78 is 1.07. The van der Waals surface area contributed by atoms with E-state index in [0.29, 0.717) is 19.5 Å². The summed E-state index contributed by atoms with van der Waals surface area (Å²) in [5.74, 6) is 0.223. The van der Waals surface area contributed by atoms with Gasteiger partial charge in [0.25, 0.3) is 0 Å². The van der Waals surface area contributed by atoms with Crippen LogP contribution in [0.1, 0.15) is 24.0 Å². The minimum atomic E-state index is -0.234. The third-order valence-corrected chi connectivity index (χ3v) is 4.74. The highest BCUT2D eigenvalue weighted by Crippen LogP contribution is 2.15. The molecule has 1 fully saturated rings. The summed E-state index contributed by atoms with van der Waals surface area (Å²) in [5, 5.41) is 5.69. The van der Waals surface area contributed by atoms with Crippen LogP contribution in [0.4, 0.5) is 10.5 Å². The molecular weight excluding hydrogens is 429 g/mol. The zero-order chi connectivity index (χ0) is 17.6. The van der Waals surface area contributed by atoms with Crippen molar-refractivity contribution in [2.45, 2.75) is 25.9 Å². The number of halogens is 1. The van der Waals surface area contributed by atoms with Crippen molar-refractivity contribution in [2.75, 3.05) is 11.9 Å². The summed E-state index contributed by atoms with van der Waals surface area (Å²) in [6, 6.07) is 15.4. The first kappa shape index (κ1) is 17.7. The topological polar surface area (TPSA) is 61.4 Å². The average molecular weight is 449 g/mol. The summed E-state index contributed by atoms with van der Waals surface area (Å²) in [6.07, 6.45) is 1.60. The Labute approximate surface area is 160 Å². The Morgan fingerprint density at radius 1 is 1.12 bits per heavy atom. The van der Waals surface area contributed by atoms with Crippen LogP contribution >= 0.6 is 22.6 Å². The van der Waals surface area contributed by atoms with Gasteiger partial charge in [0.05, 0.1) is 0 Å². The number of carbonyl (C=O) groups excluding carboxylic acids is 2. The number of nitrogens with one attached hydrogen (secondary N) is 2. The van der Waals surface area contributed by atoms with Crippen molar-refractivity contribution in [3.8, 4) is 0 Å². The summed E-state index contributed by atoms with van der Waals surface area (Å²) >= 11 is 2.21. The predicted molar refractivity (Wildman–Crippen MR) is 106 cm³/mol. The summed E-state index contributed by atoms with van der Waals surface area (Å²) in [6.45, 7) is 1.92. The smallest absolute Gasteiger partial charge is 0.319 e. The molecule has 3 rings (SSSR count). The average Bonchev–Trinajstić information content (AvgIpc) is 2.98. The molecule has 0 bridgehead atoms. The van der Waals surface area contributed by atoms with Crippen LogP contribution in [0.3, 0.4) is 0 Å². The van der Waals surface area contributed by atoms with Gasteiger partial charge in [-0.05, 0) is 58.3 Å². The van der Waals surface area contributed by atoms with Crippen LogP contribution in [0, 0.1) is 3.57 Å². The second-order valence-corrected chi connectivity index (χ2v) is 7.30. The standard InChI is InChI=1S/C19H20IN3O2/c20-16-6-2-7-17(11-16)22-19(25)21-12-14-4-1-5-15(10-14)13-23-9-3-8-18(23)24/h1-2,4-7,10-11H,3,8-9,12-13H2,(H2,21,22,25). The molecule has 1 aliphatic heterocycles. The van der Waals surface area contributed by atoms with Gasteiger partial charge in [0.2, 0.25) is 5.91 Å². The molecule has 2 aromatic rings. The highest BCUT2D eigenvalue weighted by molar-refractivity contribution is 14.1. The van der Waals surface area contributed by atoms with Gasteiger partial charge in [-0.3, -0.25) is 4.79 Å². The van der Waals surface area contributed by atoms with Crippen molar-refractivity contribution >= 4 is 40.2 Å². The van der Waals surface area contributed by atoms with Crippen molar-refractivity contribution in [2.24, 2.45) is 0 Å². The molecule has 0 spiro atoms. The SMILES string of the molecule is O=C(NCc1cccc(CN2CCCC2=O)c1)Nc1cccc(I)c1. The van der Waals surface area contributed by atoms with E-state index in [4.69, 9.17) is 0 Å². The van der Waals surface area contributed by atoms with Crippen LogP contribution in [0.2, 0.25) is 0 Å². The van der Waals surface area contributed by atoms with Gasteiger partial charge in [-0.15, -0.1) is 0 Å². The largest absolute Gasteiger partial charge is 0.338 e. The van der Waals surface area contributed by atoms with E-state index in [0.717, 1.165) is 33.4 Å². The molecule has 1 heterocycles. The molecule has 2 N–H and O–H groups in total. The van der Waals surface area contributed by atoms with Gasteiger partial charge in [0, 0.05) is 35.3 Å². The number of rotatable bonds is 5. The summed E-state index contributed by atoms with van der Waals surface area (Å²) in [5.41, 5.74) is 2.88. The Kier molecular flexibility index (Phi) is 5.91. The first-order chi connectivity index (χ1) is 12.1. The Morgan fingerprint density at radius 3 is 2.68 bits per heavy atom. The second kappa shape index (κ2) is 8.33.